The quantitative estimate of drug-likeness (QED) is 0.851. The summed E-state index contributed by atoms with van der Waals surface area (Å²) in [5, 5.41) is 3.20. The maximum atomic E-state index is 13.8. The molecule has 2 aromatic rings. The molecule has 0 saturated carbocycles. The van der Waals surface area contributed by atoms with E-state index in [-0.39, 0.29) is 10.8 Å². The number of ether oxygens (including phenoxy) is 1. The second-order valence-electron chi connectivity index (χ2n) is 4.05. The molecule has 20 heavy (non-hydrogen) atoms. The van der Waals surface area contributed by atoms with Crippen LogP contribution in [-0.4, -0.2) is 11.5 Å². The van der Waals surface area contributed by atoms with Gasteiger partial charge in [-0.25, -0.2) is 9.37 Å². The van der Waals surface area contributed by atoms with E-state index in [0.29, 0.717) is 12.4 Å². The van der Waals surface area contributed by atoms with Crippen molar-refractivity contribution in [3.63, 3.8) is 0 Å². The van der Waals surface area contributed by atoms with E-state index in [9.17, 15) is 4.39 Å². The molecule has 0 aliphatic heterocycles. The highest BCUT2D eigenvalue weighted by atomic mass is 79.9. The molecule has 2 rings (SSSR count). The van der Waals surface area contributed by atoms with E-state index in [1.807, 2.05) is 13.0 Å². The van der Waals surface area contributed by atoms with Gasteiger partial charge < -0.3 is 10.1 Å². The number of benzene rings is 1. The van der Waals surface area contributed by atoms with Crippen LogP contribution in [-0.2, 0) is 6.54 Å². The molecule has 0 spiro atoms. The molecule has 1 N–H and O–H groups in total. The van der Waals surface area contributed by atoms with E-state index in [4.69, 9.17) is 16.3 Å². The highest BCUT2D eigenvalue weighted by Gasteiger charge is 2.12. The molecule has 0 saturated heterocycles. The normalized spacial score (nSPS) is 10.6. The van der Waals surface area contributed by atoms with Gasteiger partial charge in [0.1, 0.15) is 0 Å². The minimum absolute atomic E-state index is 0.0212. The van der Waals surface area contributed by atoms with E-state index in [0.717, 1.165) is 16.6 Å². The van der Waals surface area contributed by atoms with Crippen molar-refractivity contribution in [3.8, 4) is 11.6 Å². The lowest BCUT2D eigenvalue weighted by atomic mass is 10.2. The number of aromatic nitrogens is 1. The average Bonchev–Trinajstić information content (AvgIpc) is 2.44. The summed E-state index contributed by atoms with van der Waals surface area (Å²) >= 11 is 9.09. The van der Waals surface area contributed by atoms with Crippen LogP contribution in [0.4, 0.5) is 4.39 Å². The first kappa shape index (κ1) is 15.2. The minimum atomic E-state index is -0.590. The standard InChI is InChI=1S/C14H13BrClFN2O/c1-2-18-7-9-6-10(15)8-19-14(9)20-12-5-3-4-11(16)13(12)17/h3-6,8,18H,2,7H2,1H3. The van der Waals surface area contributed by atoms with E-state index in [2.05, 4.69) is 26.2 Å². The van der Waals surface area contributed by atoms with Crippen molar-refractivity contribution >= 4 is 27.5 Å². The topological polar surface area (TPSA) is 34.2 Å². The number of nitrogens with one attached hydrogen (secondary N) is 1. The highest BCUT2D eigenvalue weighted by Crippen LogP contribution is 2.30. The second-order valence-corrected chi connectivity index (χ2v) is 5.38. The predicted molar refractivity (Wildman–Crippen MR) is 80.8 cm³/mol. The molecule has 0 bridgehead atoms. The fourth-order valence-electron chi connectivity index (χ4n) is 1.61. The molecule has 3 nitrogen and oxygen atoms in total. The zero-order valence-corrected chi connectivity index (χ0v) is 13.1. The van der Waals surface area contributed by atoms with Gasteiger partial charge in [-0.2, -0.15) is 0 Å². The number of hydrogen-bond donors (Lipinski definition) is 1. The van der Waals surface area contributed by atoms with Gasteiger partial charge in [0, 0.05) is 22.8 Å². The molecule has 0 atom stereocenters. The summed E-state index contributed by atoms with van der Waals surface area (Å²) in [6.45, 7) is 3.40. The van der Waals surface area contributed by atoms with Gasteiger partial charge in [-0.15, -0.1) is 0 Å². The van der Waals surface area contributed by atoms with Crippen molar-refractivity contribution in [3.05, 3.63) is 51.3 Å². The molecule has 0 unspecified atom stereocenters. The average molecular weight is 360 g/mol. The summed E-state index contributed by atoms with van der Waals surface area (Å²) in [6, 6.07) is 6.50. The number of halogens is 3. The third-order valence-corrected chi connectivity index (χ3v) is 3.31. The first-order chi connectivity index (χ1) is 9.61. The monoisotopic (exact) mass is 358 g/mol. The van der Waals surface area contributed by atoms with Gasteiger partial charge in [-0.1, -0.05) is 24.6 Å². The van der Waals surface area contributed by atoms with Crippen molar-refractivity contribution in [2.45, 2.75) is 13.5 Å². The molecule has 0 aliphatic rings. The number of rotatable bonds is 5. The van der Waals surface area contributed by atoms with Gasteiger partial charge in [0.05, 0.1) is 5.02 Å². The van der Waals surface area contributed by atoms with E-state index >= 15 is 0 Å². The minimum Gasteiger partial charge on any atom is -0.436 e. The van der Waals surface area contributed by atoms with Crippen LogP contribution in [0.15, 0.2) is 34.9 Å². The van der Waals surface area contributed by atoms with Gasteiger partial charge >= 0.3 is 0 Å². The van der Waals surface area contributed by atoms with Crippen molar-refractivity contribution in [1.29, 1.82) is 0 Å². The molecule has 6 heteroatoms. The van der Waals surface area contributed by atoms with Crippen LogP contribution in [0, 0.1) is 5.82 Å². The summed E-state index contributed by atoms with van der Waals surface area (Å²) in [7, 11) is 0. The Morgan fingerprint density at radius 1 is 1.45 bits per heavy atom. The molecular weight excluding hydrogens is 347 g/mol. The van der Waals surface area contributed by atoms with Crippen LogP contribution in [0.3, 0.4) is 0 Å². The van der Waals surface area contributed by atoms with Crippen LogP contribution >= 0.6 is 27.5 Å². The predicted octanol–water partition coefficient (Wildman–Crippen LogP) is 4.54. The summed E-state index contributed by atoms with van der Waals surface area (Å²) in [5.74, 6) is -0.173. The molecule has 0 amide bonds. The summed E-state index contributed by atoms with van der Waals surface area (Å²) in [4.78, 5) is 4.18. The van der Waals surface area contributed by atoms with Crippen LogP contribution in [0.5, 0.6) is 11.6 Å². The number of pyridine rings is 1. The maximum Gasteiger partial charge on any atom is 0.223 e. The van der Waals surface area contributed by atoms with Crippen LogP contribution in [0.25, 0.3) is 0 Å². The van der Waals surface area contributed by atoms with Gasteiger partial charge in [0.2, 0.25) is 5.88 Å². The number of nitrogens with zero attached hydrogens (tertiary/aromatic N) is 1. The summed E-state index contributed by atoms with van der Waals surface area (Å²) in [6.07, 6.45) is 1.60. The Bertz CT molecular complexity index is 610. The van der Waals surface area contributed by atoms with Crippen LogP contribution in [0.1, 0.15) is 12.5 Å². The molecule has 0 radical (unpaired) electrons. The van der Waals surface area contributed by atoms with Crippen molar-refractivity contribution < 1.29 is 9.13 Å². The van der Waals surface area contributed by atoms with Gasteiger partial charge in [0.25, 0.3) is 0 Å². The fraction of sp³-hybridized carbons (Fsp3) is 0.214. The first-order valence-corrected chi connectivity index (χ1v) is 7.26. The first-order valence-electron chi connectivity index (χ1n) is 6.08. The fourth-order valence-corrected chi connectivity index (χ4v) is 2.16. The molecule has 1 heterocycles. The lowest BCUT2D eigenvalue weighted by Gasteiger charge is -2.11. The Morgan fingerprint density at radius 3 is 3.00 bits per heavy atom. The summed E-state index contributed by atoms with van der Waals surface area (Å²) < 4.78 is 20.2. The third kappa shape index (κ3) is 3.69. The molecular formula is C14H13BrClFN2O. The van der Waals surface area contributed by atoms with Gasteiger partial charge in [-0.3, -0.25) is 0 Å². The lowest BCUT2D eigenvalue weighted by molar-refractivity contribution is 0.420. The maximum absolute atomic E-state index is 13.8. The molecule has 106 valence electrons. The van der Waals surface area contributed by atoms with Crippen molar-refractivity contribution in [1.82, 2.24) is 10.3 Å². The Labute approximate surface area is 130 Å². The molecule has 1 aromatic heterocycles. The van der Waals surface area contributed by atoms with Crippen LogP contribution < -0.4 is 10.1 Å². The summed E-state index contributed by atoms with van der Waals surface area (Å²) in [5.41, 5.74) is 0.834. The second kappa shape index (κ2) is 7.02. The Kier molecular flexibility index (Phi) is 5.34. The lowest BCUT2D eigenvalue weighted by Crippen LogP contribution is -2.13. The van der Waals surface area contributed by atoms with Crippen LogP contribution in [0.2, 0.25) is 5.02 Å². The van der Waals surface area contributed by atoms with Crippen molar-refractivity contribution in [2.24, 2.45) is 0 Å². The zero-order valence-electron chi connectivity index (χ0n) is 10.8. The third-order valence-electron chi connectivity index (χ3n) is 2.58. The number of hydrogen-bond acceptors (Lipinski definition) is 3. The zero-order chi connectivity index (χ0) is 14.5. The molecule has 0 aliphatic carbocycles. The van der Waals surface area contributed by atoms with Gasteiger partial charge in [0.15, 0.2) is 11.6 Å². The molecule has 0 fully saturated rings. The SMILES string of the molecule is CCNCc1cc(Br)cnc1Oc1cccc(Cl)c1F. The molecule has 1 aromatic carbocycles. The van der Waals surface area contributed by atoms with Gasteiger partial charge in [-0.05, 0) is 40.7 Å². The van der Waals surface area contributed by atoms with E-state index in [1.54, 1.807) is 12.3 Å². The Balaban J connectivity index is 2.30. The van der Waals surface area contributed by atoms with E-state index in [1.165, 1.54) is 12.1 Å². The van der Waals surface area contributed by atoms with Crippen molar-refractivity contribution in [2.75, 3.05) is 6.54 Å². The smallest absolute Gasteiger partial charge is 0.223 e. The van der Waals surface area contributed by atoms with E-state index < -0.39 is 5.82 Å². The Morgan fingerprint density at radius 2 is 2.25 bits per heavy atom. The highest BCUT2D eigenvalue weighted by molar-refractivity contribution is 9.10. The Hall–Kier alpha value is -1.17. The largest absolute Gasteiger partial charge is 0.436 e.